The third-order valence-corrected chi connectivity index (χ3v) is 6.11. The topological polar surface area (TPSA) is 94.7 Å². The number of H-pyrrole nitrogens is 1. The van der Waals surface area contributed by atoms with Crippen LogP contribution in [0.3, 0.4) is 0 Å². The van der Waals surface area contributed by atoms with Gasteiger partial charge in [0.1, 0.15) is 11.6 Å². The van der Waals surface area contributed by atoms with E-state index in [4.69, 9.17) is 0 Å². The minimum Gasteiger partial charge on any atom is -0.363 e. The van der Waals surface area contributed by atoms with E-state index in [1.54, 1.807) is 36.4 Å². The number of carbonyl (C=O) groups excluding carboxylic acids is 1. The van der Waals surface area contributed by atoms with E-state index in [1.165, 1.54) is 18.2 Å². The fraction of sp³-hybridized carbons (Fsp3) is 0.222. The van der Waals surface area contributed by atoms with Crippen molar-refractivity contribution >= 4 is 23.4 Å². The van der Waals surface area contributed by atoms with Crippen molar-refractivity contribution in [2.45, 2.75) is 38.3 Å². The molecule has 1 atom stereocenters. The number of benzene rings is 2. The van der Waals surface area contributed by atoms with Gasteiger partial charge in [0.2, 0.25) is 0 Å². The molecule has 0 spiro atoms. The molecule has 0 saturated heterocycles. The number of aromatic amines is 1. The van der Waals surface area contributed by atoms with Gasteiger partial charge in [-0.25, -0.2) is 13.8 Å². The minimum atomic E-state index is -0.574. The number of hydrogen-bond acceptors (Lipinski definition) is 5. The average molecular weight is 489 g/mol. The first kappa shape index (κ1) is 23.5. The van der Waals surface area contributed by atoms with Crippen LogP contribution in [0.25, 0.3) is 0 Å². The normalized spacial score (nSPS) is 13.8. The van der Waals surface area contributed by atoms with Gasteiger partial charge < -0.3 is 16.0 Å². The van der Waals surface area contributed by atoms with Gasteiger partial charge in [0.15, 0.2) is 17.5 Å². The van der Waals surface area contributed by atoms with E-state index < -0.39 is 5.82 Å². The Hall–Kier alpha value is -4.27. The maximum Gasteiger partial charge on any atom is 0.251 e. The SMILES string of the molecule is C[C@H](Nc1nc(Nc2cc(C3CC3)[nH]n2)c(F)cc1CNC(=O)c1ccccc1)c1ccc(F)cc1. The molecule has 0 bridgehead atoms. The Morgan fingerprint density at radius 3 is 2.53 bits per heavy atom. The molecule has 1 aliphatic carbocycles. The van der Waals surface area contributed by atoms with Crippen LogP contribution in [0.1, 0.15) is 58.9 Å². The number of carbonyl (C=O) groups is 1. The zero-order valence-electron chi connectivity index (χ0n) is 19.7. The molecular weight excluding hydrogens is 462 g/mol. The first-order chi connectivity index (χ1) is 17.5. The van der Waals surface area contributed by atoms with E-state index in [9.17, 15) is 9.18 Å². The molecule has 2 aromatic carbocycles. The highest BCUT2D eigenvalue weighted by Gasteiger charge is 2.26. The van der Waals surface area contributed by atoms with E-state index in [2.05, 4.69) is 31.1 Å². The highest BCUT2D eigenvalue weighted by Crippen LogP contribution is 2.39. The summed E-state index contributed by atoms with van der Waals surface area (Å²) in [5, 5.41) is 16.3. The molecule has 1 fully saturated rings. The highest BCUT2D eigenvalue weighted by molar-refractivity contribution is 5.94. The van der Waals surface area contributed by atoms with E-state index in [0.717, 1.165) is 24.1 Å². The van der Waals surface area contributed by atoms with E-state index in [0.29, 0.717) is 28.7 Å². The van der Waals surface area contributed by atoms with Crippen molar-refractivity contribution in [2.24, 2.45) is 0 Å². The summed E-state index contributed by atoms with van der Waals surface area (Å²) in [5.41, 5.74) is 2.82. The maximum atomic E-state index is 15.1. The predicted octanol–water partition coefficient (Wildman–Crippen LogP) is 5.81. The number of halogens is 2. The molecule has 0 unspecified atom stereocenters. The molecule has 4 N–H and O–H groups in total. The smallest absolute Gasteiger partial charge is 0.251 e. The largest absolute Gasteiger partial charge is 0.363 e. The maximum absolute atomic E-state index is 15.1. The molecule has 4 aromatic rings. The van der Waals surface area contributed by atoms with Gasteiger partial charge in [0.25, 0.3) is 5.91 Å². The lowest BCUT2D eigenvalue weighted by Gasteiger charge is -2.19. The molecule has 9 heteroatoms. The van der Waals surface area contributed by atoms with Crippen molar-refractivity contribution in [3.05, 3.63) is 101 Å². The second-order valence-electron chi connectivity index (χ2n) is 8.90. The van der Waals surface area contributed by atoms with Crippen LogP contribution in [0.5, 0.6) is 0 Å². The number of pyridine rings is 1. The van der Waals surface area contributed by atoms with Crippen molar-refractivity contribution in [3.63, 3.8) is 0 Å². The zero-order valence-corrected chi connectivity index (χ0v) is 19.7. The summed E-state index contributed by atoms with van der Waals surface area (Å²) in [6.45, 7) is 1.96. The number of amides is 1. The van der Waals surface area contributed by atoms with Crippen LogP contribution in [-0.2, 0) is 6.54 Å². The Balaban J connectivity index is 1.39. The van der Waals surface area contributed by atoms with Crippen molar-refractivity contribution in [3.8, 4) is 0 Å². The predicted molar refractivity (Wildman–Crippen MR) is 134 cm³/mol. The Kier molecular flexibility index (Phi) is 6.62. The number of aromatic nitrogens is 3. The van der Waals surface area contributed by atoms with Crippen LogP contribution >= 0.6 is 0 Å². The van der Waals surface area contributed by atoms with Crippen LogP contribution in [-0.4, -0.2) is 21.1 Å². The summed E-state index contributed by atoms with van der Waals surface area (Å²) in [4.78, 5) is 17.0. The quantitative estimate of drug-likeness (QED) is 0.239. The van der Waals surface area contributed by atoms with E-state index in [1.807, 2.05) is 19.1 Å². The van der Waals surface area contributed by atoms with Crippen molar-refractivity contribution in [2.75, 3.05) is 10.6 Å². The van der Waals surface area contributed by atoms with Gasteiger partial charge in [0.05, 0.1) is 0 Å². The molecule has 184 valence electrons. The first-order valence-corrected chi connectivity index (χ1v) is 11.8. The number of rotatable bonds is 9. The molecule has 2 heterocycles. The summed E-state index contributed by atoms with van der Waals surface area (Å²) in [6, 6.07) is 17.9. The van der Waals surface area contributed by atoms with Gasteiger partial charge in [-0.15, -0.1) is 0 Å². The van der Waals surface area contributed by atoms with Gasteiger partial charge in [0, 0.05) is 41.4 Å². The summed E-state index contributed by atoms with van der Waals surface area (Å²) in [7, 11) is 0. The second kappa shape index (κ2) is 10.2. The molecule has 2 aromatic heterocycles. The minimum absolute atomic E-state index is 0.00999. The van der Waals surface area contributed by atoms with Gasteiger partial charge in [-0.05, 0) is 55.7 Å². The van der Waals surface area contributed by atoms with Crippen LogP contribution in [0.15, 0.2) is 66.7 Å². The van der Waals surface area contributed by atoms with Crippen LogP contribution in [0.2, 0.25) is 0 Å². The lowest BCUT2D eigenvalue weighted by molar-refractivity contribution is 0.0951. The molecule has 7 nitrogen and oxygen atoms in total. The van der Waals surface area contributed by atoms with Crippen molar-refractivity contribution in [1.29, 1.82) is 0 Å². The van der Waals surface area contributed by atoms with Gasteiger partial charge in [-0.3, -0.25) is 9.89 Å². The summed E-state index contributed by atoms with van der Waals surface area (Å²) in [6.07, 6.45) is 2.24. The number of hydrogen-bond donors (Lipinski definition) is 4. The second-order valence-corrected chi connectivity index (χ2v) is 8.90. The van der Waals surface area contributed by atoms with Crippen molar-refractivity contribution in [1.82, 2.24) is 20.5 Å². The molecule has 0 aliphatic heterocycles. The summed E-state index contributed by atoms with van der Waals surface area (Å²) >= 11 is 0. The molecule has 1 saturated carbocycles. The molecule has 36 heavy (non-hydrogen) atoms. The molecule has 1 amide bonds. The van der Waals surface area contributed by atoms with Gasteiger partial charge in [-0.2, -0.15) is 5.10 Å². The van der Waals surface area contributed by atoms with Crippen LogP contribution in [0.4, 0.5) is 26.2 Å². The fourth-order valence-corrected chi connectivity index (χ4v) is 3.91. The fourth-order valence-electron chi connectivity index (χ4n) is 3.91. The third kappa shape index (κ3) is 5.51. The zero-order chi connectivity index (χ0) is 25.1. The van der Waals surface area contributed by atoms with E-state index >= 15 is 4.39 Å². The molecule has 5 rings (SSSR count). The number of anilines is 3. The molecule has 1 aliphatic rings. The van der Waals surface area contributed by atoms with Crippen LogP contribution < -0.4 is 16.0 Å². The average Bonchev–Trinajstić information content (AvgIpc) is 3.64. The molecular formula is C27H26F2N6O. The van der Waals surface area contributed by atoms with Gasteiger partial charge in [-0.1, -0.05) is 30.3 Å². The lowest BCUT2D eigenvalue weighted by atomic mass is 10.1. The van der Waals surface area contributed by atoms with E-state index in [-0.39, 0.29) is 30.1 Å². The Labute approximate surface area is 207 Å². The Bertz CT molecular complexity index is 1350. The Morgan fingerprint density at radius 2 is 1.81 bits per heavy atom. The summed E-state index contributed by atoms with van der Waals surface area (Å²) < 4.78 is 28.5. The number of nitrogens with zero attached hydrogens (tertiary/aromatic N) is 2. The monoisotopic (exact) mass is 488 g/mol. The van der Waals surface area contributed by atoms with Crippen molar-refractivity contribution < 1.29 is 13.6 Å². The summed E-state index contributed by atoms with van der Waals surface area (Å²) in [5.74, 6) is 0.181. The lowest BCUT2D eigenvalue weighted by Crippen LogP contribution is -2.24. The van der Waals surface area contributed by atoms with Crippen LogP contribution in [0, 0.1) is 11.6 Å². The standard InChI is InChI=1S/C27H26F2N6O/c1-16(17-9-11-21(28)12-10-17)31-25-20(15-30-27(36)19-5-3-2-4-6-19)13-22(29)26(33-25)32-24-14-23(34-35-24)18-7-8-18/h2-6,9-14,16,18H,7-8,15H2,1H3,(H,30,36)(H3,31,32,33,34,35)/t16-/m0/s1. The Morgan fingerprint density at radius 1 is 1.06 bits per heavy atom. The third-order valence-electron chi connectivity index (χ3n) is 6.11. The van der Waals surface area contributed by atoms with Gasteiger partial charge >= 0.3 is 0 Å². The first-order valence-electron chi connectivity index (χ1n) is 11.8. The number of nitrogens with one attached hydrogen (secondary N) is 4. The molecule has 0 radical (unpaired) electrons. The highest BCUT2D eigenvalue weighted by atomic mass is 19.1.